The lowest BCUT2D eigenvalue weighted by Gasteiger charge is -2.24. The second-order valence-corrected chi connectivity index (χ2v) is 13.0. The molecule has 242 valence electrons. The van der Waals surface area contributed by atoms with Crippen LogP contribution in [-0.2, 0) is 30.4 Å². The number of Topliss-reactive ketones (excluding diaryl/α,β-unsaturated/α-hetero) is 1. The van der Waals surface area contributed by atoms with Crippen molar-refractivity contribution in [2.75, 3.05) is 18.4 Å². The predicted octanol–water partition coefficient (Wildman–Crippen LogP) is 3.86. The Morgan fingerprint density at radius 3 is 2.11 bits per heavy atom. The van der Waals surface area contributed by atoms with Crippen LogP contribution in [0.2, 0.25) is 0 Å². The summed E-state index contributed by atoms with van der Waals surface area (Å²) in [7, 11) is 0. The fraction of sp³-hybridized carbons (Fsp3) is 0.576. The molecule has 1 heterocycles. The molecule has 2 atom stereocenters. The van der Waals surface area contributed by atoms with Crippen LogP contribution in [0.4, 0.5) is 10.5 Å². The summed E-state index contributed by atoms with van der Waals surface area (Å²) in [5.74, 6) is -2.33. The number of imide groups is 1. The molecule has 6 amide bonds. The van der Waals surface area contributed by atoms with Gasteiger partial charge in [0.25, 0.3) is 11.8 Å². The number of rotatable bonds is 18. The molecule has 0 saturated heterocycles. The first-order valence-corrected chi connectivity index (χ1v) is 15.4. The molecular weight excluding hydrogens is 562 g/mol. The molecule has 0 saturated carbocycles. The second-order valence-electron chi connectivity index (χ2n) is 13.0. The third-order valence-corrected chi connectivity index (χ3v) is 7.32. The monoisotopic (exact) mass is 611 g/mol. The molecule has 0 aromatic heterocycles. The molecule has 0 spiro atoms. The van der Waals surface area contributed by atoms with E-state index in [0.717, 1.165) is 12.0 Å². The number of nitrogens with two attached hydrogens (primary N) is 1. The van der Waals surface area contributed by atoms with Crippen LogP contribution < -0.4 is 21.7 Å². The molecule has 1 aromatic rings. The zero-order chi connectivity index (χ0) is 32.9. The molecule has 1 aromatic carbocycles. The first-order valence-electron chi connectivity index (χ1n) is 15.4. The lowest BCUT2D eigenvalue weighted by atomic mass is 9.88. The molecule has 0 unspecified atom stereocenters. The van der Waals surface area contributed by atoms with Crippen molar-refractivity contribution in [2.45, 2.75) is 92.0 Å². The van der Waals surface area contributed by atoms with E-state index in [1.807, 2.05) is 38.1 Å². The number of anilines is 1. The van der Waals surface area contributed by atoms with Crippen LogP contribution in [-0.4, -0.2) is 59.5 Å². The van der Waals surface area contributed by atoms with E-state index in [0.29, 0.717) is 44.3 Å². The minimum Gasteiger partial charge on any atom is -0.352 e. The van der Waals surface area contributed by atoms with E-state index in [1.165, 1.54) is 17.1 Å². The molecule has 0 radical (unpaired) electrons. The summed E-state index contributed by atoms with van der Waals surface area (Å²) in [4.78, 5) is 75.0. The van der Waals surface area contributed by atoms with Gasteiger partial charge in [-0.2, -0.15) is 0 Å². The number of unbranched alkanes of at least 4 members (excludes halogenated alkanes) is 2. The lowest BCUT2D eigenvalue weighted by molar-refractivity contribution is -0.137. The third-order valence-electron chi connectivity index (χ3n) is 7.32. The van der Waals surface area contributed by atoms with Crippen LogP contribution in [0.5, 0.6) is 0 Å². The Kier molecular flexibility index (Phi) is 14.2. The molecule has 44 heavy (non-hydrogen) atoms. The maximum absolute atomic E-state index is 13.4. The van der Waals surface area contributed by atoms with Gasteiger partial charge in [-0.1, -0.05) is 53.2 Å². The van der Waals surface area contributed by atoms with Gasteiger partial charge < -0.3 is 21.7 Å². The fourth-order valence-electron chi connectivity index (χ4n) is 5.07. The SMILES string of the molecule is CC(C)[C@@H](NC(=O)CCCCCN1C(=O)C=CC1=O)C(=O)C[C@H](CCCNC(N)=O)C(=O)Nc1ccc(CC(C)(C)C)cc1. The van der Waals surface area contributed by atoms with Crippen LogP contribution in [0.3, 0.4) is 0 Å². The molecule has 11 nitrogen and oxygen atoms in total. The number of primary amides is 1. The Hall–Kier alpha value is -4.02. The van der Waals surface area contributed by atoms with Crippen LogP contribution in [0.15, 0.2) is 36.4 Å². The van der Waals surface area contributed by atoms with E-state index in [-0.39, 0.29) is 60.1 Å². The minimum absolute atomic E-state index is 0.0699. The van der Waals surface area contributed by atoms with Gasteiger partial charge in [0.15, 0.2) is 5.78 Å². The predicted molar refractivity (Wildman–Crippen MR) is 169 cm³/mol. The maximum atomic E-state index is 13.4. The van der Waals surface area contributed by atoms with E-state index >= 15 is 0 Å². The van der Waals surface area contributed by atoms with Gasteiger partial charge in [0.05, 0.1) is 6.04 Å². The zero-order valence-corrected chi connectivity index (χ0v) is 26.7. The number of carbonyl (C=O) groups excluding carboxylic acids is 6. The third kappa shape index (κ3) is 13.1. The van der Waals surface area contributed by atoms with Gasteiger partial charge >= 0.3 is 6.03 Å². The number of amides is 6. The highest BCUT2D eigenvalue weighted by atomic mass is 16.2. The second kappa shape index (κ2) is 17.3. The molecular formula is C33H49N5O6. The van der Waals surface area contributed by atoms with Crippen LogP contribution in [0.25, 0.3) is 0 Å². The largest absolute Gasteiger partial charge is 0.352 e. The zero-order valence-electron chi connectivity index (χ0n) is 26.7. The van der Waals surface area contributed by atoms with E-state index < -0.39 is 18.0 Å². The van der Waals surface area contributed by atoms with Gasteiger partial charge in [0.1, 0.15) is 0 Å². The Balaban J connectivity index is 1.95. The average Bonchev–Trinajstić information content (AvgIpc) is 3.25. The molecule has 1 aliphatic heterocycles. The van der Waals surface area contributed by atoms with Crippen molar-refractivity contribution in [3.8, 4) is 0 Å². The summed E-state index contributed by atoms with van der Waals surface area (Å²) < 4.78 is 0. The molecule has 1 aliphatic rings. The normalized spacial score (nSPS) is 14.5. The number of hydrogen-bond donors (Lipinski definition) is 4. The summed E-state index contributed by atoms with van der Waals surface area (Å²) in [5.41, 5.74) is 7.07. The Labute approximate surface area is 260 Å². The summed E-state index contributed by atoms with van der Waals surface area (Å²) in [6, 6.07) is 6.23. The molecule has 0 fully saturated rings. The molecule has 5 N–H and O–H groups in total. The summed E-state index contributed by atoms with van der Waals surface area (Å²) in [5, 5.41) is 8.27. The number of carbonyl (C=O) groups is 6. The summed E-state index contributed by atoms with van der Waals surface area (Å²) in [6.45, 7) is 10.7. The first kappa shape index (κ1) is 36.2. The summed E-state index contributed by atoms with van der Waals surface area (Å²) in [6.07, 6.45) is 6.07. The number of nitrogens with zero attached hydrogens (tertiary/aromatic N) is 1. The average molecular weight is 612 g/mol. The first-order chi connectivity index (χ1) is 20.7. The lowest BCUT2D eigenvalue weighted by Crippen LogP contribution is -2.45. The van der Waals surface area contributed by atoms with Crippen molar-refractivity contribution in [1.29, 1.82) is 0 Å². The van der Waals surface area contributed by atoms with Gasteiger partial charge in [0, 0.05) is 49.7 Å². The van der Waals surface area contributed by atoms with E-state index in [1.54, 1.807) is 0 Å². The van der Waals surface area contributed by atoms with Gasteiger partial charge in [-0.25, -0.2) is 4.79 Å². The van der Waals surface area contributed by atoms with Gasteiger partial charge in [0.2, 0.25) is 11.8 Å². The highest BCUT2D eigenvalue weighted by Gasteiger charge is 2.29. The molecule has 11 heteroatoms. The van der Waals surface area contributed by atoms with Crippen molar-refractivity contribution in [2.24, 2.45) is 23.0 Å². The van der Waals surface area contributed by atoms with Crippen LogP contribution in [0, 0.1) is 17.3 Å². The van der Waals surface area contributed by atoms with Gasteiger partial charge in [-0.3, -0.25) is 28.9 Å². The van der Waals surface area contributed by atoms with Crippen molar-refractivity contribution < 1.29 is 28.8 Å². The van der Waals surface area contributed by atoms with Crippen molar-refractivity contribution in [3.63, 3.8) is 0 Å². The molecule has 0 aliphatic carbocycles. The minimum atomic E-state index is -0.760. The van der Waals surface area contributed by atoms with E-state index in [2.05, 4.69) is 36.7 Å². The number of ketones is 1. The number of nitrogens with one attached hydrogen (secondary N) is 3. The van der Waals surface area contributed by atoms with Gasteiger partial charge in [-0.05, 0) is 61.1 Å². The number of hydrogen-bond acceptors (Lipinski definition) is 6. The number of benzene rings is 1. The van der Waals surface area contributed by atoms with Crippen LogP contribution >= 0.6 is 0 Å². The van der Waals surface area contributed by atoms with Crippen molar-refractivity contribution in [3.05, 3.63) is 42.0 Å². The smallest absolute Gasteiger partial charge is 0.312 e. The highest BCUT2D eigenvalue weighted by molar-refractivity contribution is 6.12. The van der Waals surface area contributed by atoms with Crippen LogP contribution in [0.1, 0.15) is 85.1 Å². The van der Waals surface area contributed by atoms with E-state index in [9.17, 15) is 28.8 Å². The molecule has 0 bridgehead atoms. The maximum Gasteiger partial charge on any atom is 0.312 e. The number of urea groups is 1. The fourth-order valence-corrected chi connectivity index (χ4v) is 5.07. The Morgan fingerprint density at radius 1 is 0.909 bits per heavy atom. The Morgan fingerprint density at radius 2 is 1.55 bits per heavy atom. The molecule has 2 rings (SSSR count). The topological polar surface area (TPSA) is 168 Å². The quantitative estimate of drug-likeness (QED) is 0.145. The standard InChI is InChI=1S/C33H49N5O6/c1-22(2)30(37-27(40)11-7-6-8-19-38-28(41)16-17-29(38)42)26(39)20-24(10-9-18-35-32(34)44)31(43)36-25-14-12-23(13-15-25)21-33(3,4)5/h12-17,22,24,30H,6-11,18-21H2,1-5H3,(H,36,43)(H,37,40)(H3,34,35,44)/t24-,30+/m0/s1. The Bertz CT molecular complexity index is 1180. The summed E-state index contributed by atoms with van der Waals surface area (Å²) >= 11 is 0. The highest BCUT2D eigenvalue weighted by Crippen LogP contribution is 2.23. The van der Waals surface area contributed by atoms with Crippen molar-refractivity contribution in [1.82, 2.24) is 15.5 Å². The van der Waals surface area contributed by atoms with Gasteiger partial charge in [-0.15, -0.1) is 0 Å². The van der Waals surface area contributed by atoms with E-state index in [4.69, 9.17) is 5.73 Å². The van der Waals surface area contributed by atoms with Crippen molar-refractivity contribution >= 4 is 41.1 Å².